The second-order valence-corrected chi connectivity index (χ2v) is 18.9. The molecule has 30 heteroatoms. The second kappa shape index (κ2) is 20.0. The fourth-order valence-corrected chi connectivity index (χ4v) is 8.55. The van der Waals surface area contributed by atoms with Gasteiger partial charge in [-0.25, -0.2) is 14.8 Å². The number of nitrogens with zero attached hydrogens (tertiary/aromatic N) is 9. The molecular weight excluding hydrogens is 1020 g/mol. The van der Waals surface area contributed by atoms with Gasteiger partial charge in [0.1, 0.15) is 60.2 Å². The molecule has 7 aromatic rings. The van der Waals surface area contributed by atoms with Gasteiger partial charge in [0.15, 0.2) is 5.75 Å². The number of aromatic hydroxyl groups is 2. The number of phenols is 2. The molecule has 0 bridgehead atoms. The number of aromatic carboxylic acids is 1. The minimum absolute atomic E-state index is 0.00171. The van der Waals surface area contributed by atoms with Crippen molar-refractivity contribution in [3.8, 4) is 17.2 Å². The highest BCUT2D eigenvalue weighted by atomic mass is 35.5. The first-order valence-electron chi connectivity index (χ1n) is 19.6. The molecule has 1 aromatic heterocycles. The van der Waals surface area contributed by atoms with Crippen LogP contribution in [0.1, 0.15) is 15.9 Å². The third-order valence-corrected chi connectivity index (χ3v) is 12.6. The lowest BCUT2D eigenvalue weighted by Gasteiger charge is -2.13. The van der Waals surface area contributed by atoms with Crippen LogP contribution in [0.15, 0.2) is 146 Å². The highest BCUT2D eigenvalue weighted by Gasteiger charge is 2.25. The van der Waals surface area contributed by atoms with Crippen molar-refractivity contribution in [2.75, 3.05) is 19.5 Å². The van der Waals surface area contributed by atoms with Gasteiger partial charge in [0.2, 0.25) is 16.5 Å². The van der Waals surface area contributed by atoms with E-state index >= 15 is 0 Å². The van der Waals surface area contributed by atoms with Gasteiger partial charge in [-0.2, -0.15) is 35.4 Å². The van der Waals surface area contributed by atoms with Crippen LogP contribution in [0.2, 0.25) is 5.28 Å². The molecule has 7 rings (SSSR count). The average Bonchev–Trinajstić information content (AvgIpc) is 3.29. The van der Waals surface area contributed by atoms with E-state index in [1.807, 2.05) is 0 Å². The van der Waals surface area contributed by atoms with Gasteiger partial charge in [-0.1, -0.05) is 12.1 Å². The number of azo groups is 3. The lowest BCUT2D eigenvalue weighted by Crippen LogP contribution is -2.26. The number of methoxy groups -OCH3 is 1. The first kappa shape index (κ1) is 50.6. The van der Waals surface area contributed by atoms with Crippen molar-refractivity contribution in [2.24, 2.45) is 40.7 Å². The zero-order valence-corrected chi connectivity index (χ0v) is 39.4. The smallest absolute Gasteiger partial charge is 0.339 e. The maximum Gasteiger partial charge on any atom is 0.339 e. The zero-order chi connectivity index (χ0) is 51.6. The van der Waals surface area contributed by atoms with Gasteiger partial charge in [0, 0.05) is 23.9 Å². The van der Waals surface area contributed by atoms with Gasteiger partial charge in [-0.05, 0) is 96.9 Å². The average molecular weight is 1050 g/mol. The Balaban J connectivity index is 1.27. The number of aryl methyl sites for hydroxylation is 1. The van der Waals surface area contributed by atoms with Crippen LogP contribution in [0.25, 0.3) is 10.8 Å². The van der Waals surface area contributed by atoms with E-state index in [1.165, 1.54) is 68.8 Å². The van der Waals surface area contributed by atoms with Crippen LogP contribution in [-0.2, 0) is 30.4 Å². The van der Waals surface area contributed by atoms with E-state index < -0.39 is 79.4 Å². The summed E-state index contributed by atoms with van der Waals surface area (Å²) in [6.07, 6.45) is 0. The molecule has 1 heterocycles. The van der Waals surface area contributed by atoms with Crippen molar-refractivity contribution >= 4 is 110 Å². The Morgan fingerprint density at radius 3 is 1.96 bits per heavy atom. The molecule has 26 nitrogen and oxygen atoms in total. The summed E-state index contributed by atoms with van der Waals surface area (Å²) >= 11 is 6.13. The number of ether oxygens (including phenoxy) is 1. The number of fused-ring (bicyclic) bond motifs is 1. The first-order valence-corrected chi connectivity index (χ1v) is 24.3. The van der Waals surface area contributed by atoms with Crippen molar-refractivity contribution in [3.63, 3.8) is 0 Å². The number of nitrogens with one attached hydrogen (secondary N) is 3. The summed E-state index contributed by atoms with van der Waals surface area (Å²) in [5.41, 5.74) is -1.72. The molecule has 366 valence electrons. The van der Waals surface area contributed by atoms with Crippen molar-refractivity contribution in [3.05, 3.63) is 119 Å². The summed E-state index contributed by atoms with van der Waals surface area (Å²) < 4.78 is 111. The number of carbonyl (C=O) groups is 1. The number of rotatable bonds is 14. The molecule has 0 amide bonds. The van der Waals surface area contributed by atoms with Crippen LogP contribution < -0.4 is 21.3 Å². The van der Waals surface area contributed by atoms with Gasteiger partial charge >= 0.3 is 5.97 Å². The van der Waals surface area contributed by atoms with Crippen molar-refractivity contribution < 1.29 is 63.8 Å². The Morgan fingerprint density at radius 1 is 0.662 bits per heavy atom. The van der Waals surface area contributed by atoms with Crippen molar-refractivity contribution in [1.29, 1.82) is 0 Å². The number of carboxylic acids is 1. The molecule has 71 heavy (non-hydrogen) atoms. The van der Waals surface area contributed by atoms with Crippen molar-refractivity contribution in [2.45, 2.75) is 21.6 Å². The number of benzene rings is 6. The Morgan fingerprint density at radius 2 is 1.28 bits per heavy atom. The van der Waals surface area contributed by atoms with Crippen LogP contribution in [0.4, 0.5) is 51.2 Å². The topological polar surface area (TPSA) is 405 Å². The predicted octanol–water partition coefficient (Wildman–Crippen LogP) is 8.46. The first-order chi connectivity index (χ1) is 33.4. The molecule has 0 fully saturated rings. The van der Waals surface area contributed by atoms with Gasteiger partial charge in [-0.3, -0.25) is 18.6 Å². The Kier molecular flexibility index (Phi) is 14.2. The molecule has 0 radical (unpaired) electrons. The van der Waals surface area contributed by atoms with Crippen LogP contribution in [0.5, 0.6) is 17.2 Å². The van der Waals surface area contributed by atoms with E-state index in [2.05, 4.69) is 60.9 Å². The zero-order valence-electron chi connectivity index (χ0n) is 36.2. The number of carboxylic acid groups (broad SMARTS) is 1. The summed E-state index contributed by atoms with van der Waals surface area (Å²) in [6.45, 7) is 1.57. The minimum atomic E-state index is -5.22. The Hall–Kier alpha value is -8.32. The lowest BCUT2D eigenvalue weighted by atomic mass is 10.1. The van der Waals surface area contributed by atoms with Crippen LogP contribution in [-0.4, -0.2) is 89.3 Å². The number of anilines is 1. The third kappa shape index (κ3) is 11.4. The number of aromatic amines is 2. The van der Waals surface area contributed by atoms with E-state index in [-0.39, 0.29) is 72.9 Å². The lowest BCUT2D eigenvalue weighted by molar-refractivity contribution is 0.0693. The molecule has 0 unspecified atom stereocenters. The molecule has 9 N–H and O–H groups in total. The molecule has 0 saturated carbocycles. The highest BCUT2D eigenvalue weighted by molar-refractivity contribution is 7.86. The SMILES string of the molecule is CNc1ccc2c(O)c(N=Nc3cc(C)c(N=Nc4ccccc4S(=O)(=O)O)cc3OC)c(S(=O)(=O)O)cc2c1N=Nc1ccc(N=c2[nH]c(Cl)nc(=Nc3ccc(O)c(C(=O)O)c3)[nH]2)cc1S(=O)(=O)O. The largest absolute Gasteiger partial charge is 0.507 e. The summed E-state index contributed by atoms with van der Waals surface area (Å²) in [7, 11) is -12.2. The van der Waals surface area contributed by atoms with Crippen LogP contribution >= 0.6 is 11.6 Å². The minimum Gasteiger partial charge on any atom is -0.507 e. The maximum absolute atomic E-state index is 12.9. The van der Waals surface area contributed by atoms with Gasteiger partial charge in [-0.15, -0.1) is 25.6 Å². The van der Waals surface area contributed by atoms with E-state index in [1.54, 1.807) is 6.92 Å². The van der Waals surface area contributed by atoms with Crippen LogP contribution in [0, 0.1) is 6.92 Å². The molecule has 0 aliphatic rings. The Bertz CT molecular complexity index is 3940. The summed E-state index contributed by atoms with van der Waals surface area (Å²) in [5, 5.41) is 57.3. The third-order valence-electron chi connectivity index (χ3n) is 9.74. The van der Waals surface area contributed by atoms with E-state index in [0.29, 0.717) is 5.56 Å². The standard InChI is InChI=1S/C41H33ClN12O14S3/c1-19-14-29(31(68-3)18-28(19)51-49-25-6-4-5-7-32(25)69(59,60)61)52-54-36-34(71(65,66)67)17-23-22(37(36)56)10-12-27(43-2)35(23)53-50-26-11-8-21(16-33(26)70(62,63)64)45-41-47-39(42)46-40(48-41)44-20-9-13-30(55)24(15-20)38(57)58/h4-18,43,55-56H,1-3H3,(H,57,58)(H,59,60,61)(H,62,63,64)(H,65,66,67)(H2,44,45,46,47,48). The number of aromatic nitrogens is 3. The highest BCUT2D eigenvalue weighted by Crippen LogP contribution is 2.47. The molecule has 0 aliphatic carbocycles. The van der Waals surface area contributed by atoms with Crippen LogP contribution in [0.3, 0.4) is 0 Å². The summed E-state index contributed by atoms with van der Waals surface area (Å²) in [6, 6.07) is 18.5. The molecule has 0 aliphatic heterocycles. The molecule has 6 aromatic carbocycles. The van der Waals surface area contributed by atoms with E-state index in [9.17, 15) is 59.0 Å². The van der Waals surface area contributed by atoms with E-state index in [4.69, 9.17) is 16.3 Å². The fourth-order valence-electron chi connectivity index (χ4n) is 6.46. The number of hydrogen-bond acceptors (Lipinski definition) is 20. The molecule has 0 saturated heterocycles. The van der Waals surface area contributed by atoms with Gasteiger partial charge in [0.25, 0.3) is 30.4 Å². The molecule has 0 atom stereocenters. The summed E-state index contributed by atoms with van der Waals surface area (Å²) in [4.78, 5) is 26.8. The van der Waals surface area contributed by atoms with Gasteiger partial charge < -0.3 is 30.4 Å². The molecule has 0 spiro atoms. The number of hydrogen-bond donors (Lipinski definition) is 9. The maximum atomic E-state index is 12.9. The van der Waals surface area contributed by atoms with Crippen molar-refractivity contribution in [1.82, 2.24) is 15.0 Å². The summed E-state index contributed by atoms with van der Waals surface area (Å²) in [5.74, 6) is -2.73. The van der Waals surface area contributed by atoms with Gasteiger partial charge in [0.05, 0.1) is 29.9 Å². The number of halogens is 1. The number of phenolic OH excluding ortho intramolecular Hbond substituents is 1. The normalized spacial score (nSPS) is 13.0. The fraction of sp³-hybridized carbons (Fsp3) is 0.0732. The second-order valence-electron chi connectivity index (χ2n) is 14.4. The molecular formula is C41H33ClN12O14S3. The quantitative estimate of drug-likeness (QED) is 0.0364. The predicted molar refractivity (Wildman–Crippen MR) is 251 cm³/mol. The van der Waals surface area contributed by atoms with E-state index in [0.717, 1.165) is 36.4 Å². The Labute approximate surface area is 404 Å². The number of H-pyrrole nitrogens is 2. The monoisotopic (exact) mass is 1050 g/mol.